The molecule has 2 N–H and O–H groups in total. The van der Waals surface area contributed by atoms with E-state index < -0.39 is 0 Å². The van der Waals surface area contributed by atoms with E-state index in [-0.39, 0.29) is 6.04 Å². The van der Waals surface area contributed by atoms with Crippen LogP contribution in [0.5, 0.6) is 0 Å². The highest BCUT2D eigenvalue weighted by molar-refractivity contribution is 8.06. The van der Waals surface area contributed by atoms with Crippen LogP contribution < -0.4 is 5.73 Å². The van der Waals surface area contributed by atoms with Gasteiger partial charge in [-0.25, -0.2) is 0 Å². The van der Waals surface area contributed by atoms with Crippen LogP contribution in [0.2, 0.25) is 5.02 Å². The number of nitrogens with two attached hydrogens (primary N) is 1. The van der Waals surface area contributed by atoms with E-state index in [1.165, 1.54) is 11.5 Å². The Bertz CT molecular complexity index is 343. The molecule has 1 fully saturated rings. The molecule has 88 valence electrons. The fraction of sp³-hybridized carbons (Fsp3) is 0.545. The van der Waals surface area contributed by atoms with Gasteiger partial charge < -0.3 is 5.73 Å². The molecule has 5 heteroatoms. The van der Waals surface area contributed by atoms with Gasteiger partial charge in [-0.05, 0) is 18.1 Å². The normalized spacial score (nSPS) is 23.0. The van der Waals surface area contributed by atoms with E-state index in [2.05, 4.69) is 4.98 Å². The van der Waals surface area contributed by atoms with Crippen molar-refractivity contribution in [3.63, 3.8) is 0 Å². The summed E-state index contributed by atoms with van der Waals surface area (Å²) in [7, 11) is 0. The first kappa shape index (κ1) is 12.6. The summed E-state index contributed by atoms with van der Waals surface area (Å²) in [6.07, 6.45) is 4.31. The van der Waals surface area contributed by atoms with E-state index in [0.717, 1.165) is 22.8 Å². The van der Waals surface area contributed by atoms with Crippen LogP contribution in [-0.4, -0.2) is 33.5 Å². The van der Waals surface area contributed by atoms with E-state index in [9.17, 15) is 0 Å². The minimum atomic E-state index is 0.192. The highest BCUT2D eigenvalue weighted by atomic mass is 35.5. The molecule has 1 aromatic heterocycles. The molecular weight excluding hydrogens is 260 g/mol. The average molecular weight is 275 g/mol. The van der Waals surface area contributed by atoms with Crippen molar-refractivity contribution in [2.75, 3.05) is 17.3 Å². The first-order chi connectivity index (χ1) is 7.77. The van der Waals surface area contributed by atoms with Gasteiger partial charge in [-0.1, -0.05) is 11.6 Å². The number of halogens is 1. The summed E-state index contributed by atoms with van der Waals surface area (Å²) in [5, 5.41) is 1.29. The van der Waals surface area contributed by atoms with Gasteiger partial charge in [-0.15, -0.1) is 0 Å². The Labute approximate surface area is 110 Å². The van der Waals surface area contributed by atoms with Crippen molar-refractivity contribution < 1.29 is 0 Å². The van der Waals surface area contributed by atoms with Crippen molar-refractivity contribution in [1.82, 2.24) is 4.98 Å². The van der Waals surface area contributed by atoms with Crippen molar-refractivity contribution in [2.45, 2.75) is 17.7 Å². The lowest BCUT2D eigenvalue weighted by atomic mass is 10.1. The van der Waals surface area contributed by atoms with E-state index in [0.29, 0.717) is 5.25 Å². The summed E-state index contributed by atoms with van der Waals surface area (Å²) in [5.74, 6) is 3.63. The number of aromatic nitrogens is 1. The Balaban J connectivity index is 1.96. The number of nitrogens with zero attached hydrogens (tertiary/aromatic N) is 1. The minimum Gasteiger partial charge on any atom is -0.326 e. The smallest absolute Gasteiger partial charge is 0.0621 e. The lowest BCUT2D eigenvalue weighted by Gasteiger charge is -2.26. The van der Waals surface area contributed by atoms with Crippen LogP contribution in [-0.2, 0) is 6.42 Å². The lowest BCUT2D eigenvalue weighted by molar-refractivity contribution is 0.663. The maximum Gasteiger partial charge on any atom is 0.0621 e. The molecule has 0 aromatic carbocycles. The predicted molar refractivity (Wildman–Crippen MR) is 74.5 cm³/mol. The zero-order chi connectivity index (χ0) is 11.4. The summed E-state index contributed by atoms with van der Waals surface area (Å²) < 4.78 is 0. The molecule has 2 unspecified atom stereocenters. The molecule has 0 spiro atoms. The van der Waals surface area contributed by atoms with Crippen LogP contribution in [0, 0.1) is 0 Å². The Morgan fingerprint density at radius 1 is 1.56 bits per heavy atom. The number of pyridine rings is 1. The predicted octanol–water partition coefficient (Wildman–Crippen LogP) is 2.45. The highest BCUT2D eigenvalue weighted by Gasteiger charge is 2.22. The molecule has 1 saturated heterocycles. The molecule has 0 saturated carbocycles. The number of thioether (sulfide) groups is 2. The fourth-order valence-corrected chi connectivity index (χ4v) is 4.73. The zero-order valence-electron chi connectivity index (χ0n) is 8.93. The topological polar surface area (TPSA) is 38.9 Å². The van der Waals surface area contributed by atoms with Crippen LogP contribution in [0.15, 0.2) is 18.5 Å². The summed E-state index contributed by atoms with van der Waals surface area (Å²) in [4.78, 5) is 3.98. The number of hydrogen-bond acceptors (Lipinski definition) is 4. The van der Waals surface area contributed by atoms with Crippen LogP contribution in [0.25, 0.3) is 0 Å². The van der Waals surface area contributed by atoms with Gasteiger partial charge in [-0.2, -0.15) is 23.5 Å². The summed E-state index contributed by atoms with van der Waals surface area (Å²) in [6, 6.07) is 2.15. The Hall–Kier alpha value is 0.1000. The van der Waals surface area contributed by atoms with Crippen molar-refractivity contribution in [1.29, 1.82) is 0 Å². The lowest BCUT2D eigenvalue weighted by Crippen LogP contribution is -2.38. The van der Waals surface area contributed by atoms with E-state index >= 15 is 0 Å². The molecule has 0 amide bonds. The first-order valence-corrected chi connectivity index (χ1v) is 7.89. The van der Waals surface area contributed by atoms with Crippen LogP contribution in [0.1, 0.15) is 5.56 Å². The van der Waals surface area contributed by atoms with Crippen molar-refractivity contribution in [3.8, 4) is 0 Å². The van der Waals surface area contributed by atoms with Gasteiger partial charge in [0.15, 0.2) is 0 Å². The third-order valence-corrected chi connectivity index (χ3v) is 5.91. The Morgan fingerprint density at radius 3 is 3.12 bits per heavy atom. The molecule has 16 heavy (non-hydrogen) atoms. The molecule has 2 heterocycles. The second kappa shape index (κ2) is 6.15. The second-order valence-electron chi connectivity index (χ2n) is 3.82. The van der Waals surface area contributed by atoms with Crippen LogP contribution >= 0.6 is 35.1 Å². The molecule has 1 aliphatic rings. The maximum atomic E-state index is 6.24. The Morgan fingerprint density at radius 2 is 2.44 bits per heavy atom. The van der Waals surface area contributed by atoms with Crippen LogP contribution in [0.4, 0.5) is 0 Å². The second-order valence-corrected chi connectivity index (χ2v) is 6.72. The monoisotopic (exact) mass is 274 g/mol. The number of hydrogen-bond donors (Lipinski definition) is 1. The van der Waals surface area contributed by atoms with E-state index in [1.54, 1.807) is 12.4 Å². The minimum absolute atomic E-state index is 0.192. The van der Waals surface area contributed by atoms with Gasteiger partial charge in [0.25, 0.3) is 0 Å². The molecule has 2 atom stereocenters. The SMILES string of the molecule is NC(Cc1ccncc1Cl)C1CSCCS1. The zero-order valence-corrected chi connectivity index (χ0v) is 11.3. The first-order valence-electron chi connectivity index (χ1n) is 5.30. The Kier molecular flexibility index (Phi) is 4.82. The van der Waals surface area contributed by atoms with E-state index in [4.69, 9.17) is 17.3 Å². The third kappa shape index (κ3) is 3.29. The molecule has 2 nitrogen and oxygen atoms in total. The number of rotatable bonds is 3. The fourth-order valence-electron chi connectivity index (χ4n) is 1.71. The van der Waals surface area contributed by atoms with Gasteiger partial charge in [0.1, 0.15) is 0 Å². The highest BCUT2D eigenvalue weighted by Crippen LogP contribution is 2.27. The van der Waals surface area contributed by atoms with Gasteiger partial charge in [-0.3, -0.25) is 4.98 Å². The molecular formula is C11H15ClN2S2. The largest absolute Gasteiger partial charge is 0.326 e. The van der Waals surface area contributed by atoms with Crippen molar-refractivity contribution in [3.05, 3.63) is 29.0 Å². The summed E-state index contributed by atoms with van der Waals surface area (Å²) >= 11 is 10.1. The standard InChI is InChI=1S/C11H15ClN2S2/c12-9-6-14-2-1-8(9)5-10(13)11-7-15-3-4-16-11/h1-2,6,10-11H,3-5,7,13H2. The van der Waals surface area contributed by atoms with Gasteiger partial charge in [0.05, 0.1) is 5.02 Å². The maximum absolute atomic E-state index is 6.24. The van der Waals surface area contributed by atoms with Crippen molar-refractivity contribution in [2.24, 2.45) is 5.73 Å². The molecule has 0 aliphatic carbocycles. The van der Waals surface area contributed by atoms with Crippen LogP contribution in [0.3, 0.4) is 0 Å². The molecule has 1 aliphatic heterocycles. The van der Waals surface area contributed by atoms with Gasteiger partial charge in [0, 0.05) is 40.9 Å². The molecule has 1 aromatic rings. The quantitative estimate of drug-likeness (QED) is 0.919. The van der Waals surface area contributed by atoms with Crippen molar-refractivity contribution >= 4 is 35.1 Å². The molecule has 0 bridgehead atoms. The molecule has 0 radical (unpaired) electrons. The van der Waals surface area contributed by atoms with Gasteiger partial charge in [0.2, 0.25) is 0 Å². The molecule has 2 rings (SSSR count). The average Bonchev–Trinajstić information content (AvgIpc) is 2.33. The van der Waals surface area contributed by atoms with Gasteiger partial charge >= 0.3 is 0 Å². The third-order valence-electron chi connectivity index (χ3n) is 2.63. The van der Waals surface area contributed by atoms with E-state index in [1.807, 2.05) is 29.6 Å². The summed E-state index contributed by atoms with van der Waals surface area (Å²) in [5.41, 5.74) is 7.35. The summed E-state index contributed by atoms with van der Waals surface area (Å²) in [6.45, 7) is 0.